The molecule has 0 saturated carbocycles. The predicted molar refractivity (Wildman–Crippen MR) is 64.0 cm³/mol. The molecule has 1 N–H and O–H groups in total. The average molecular weight is 239 g/mol. The summed E-state index contributed by atoms with van der Waals surface area (Å²) in [6.07, 6.45) is 0. The van der Waals surface area contributed by atoms with Crippen molar-refractivity contribution < 1.29 is 4.52 Å². The van der Waals surface area contributed by atoms with E-state index in [2.05, 4.69) is 19.8 Å². The summed E-state index contributed by atoms with van der Waals surface area (Å²) in [5.41, 5.74) is 1.77. The molecule has 2 rings (SSSR count). The lowest BCUT2D eigenvalue weighted by atomic mass is 10.2. The SMILES string of the molecule is CNc1snc(C)c1-c1nc(N(C)C)no1. The van der Waals surface area contributed by atoms with E-state index in [9.17, 15) is 0 Å². The van der Waals surface area contributed by atoms with Crippen molar-refractivity contribution in [1.82, 2.24) is 14.5 Å². The molecule has 0 aliphatic heterocycles. The molecule has 86 valence electrons. The van der Waals surface area contributed by atoms with E-state index in [1.54, 1.807) is 4.90 Å². The van der Waals surface area contributed by atoms with E-state index in [4.69, 9.17) is 4.52 Å². The largest absolute Gasteiger partial charge is 0.378 e. The zero-order valence-electron chi connectivity index (χ0n) is 9.61. The minimum absolute atomic E-state index is 0.499. The van der Waals surface area contributed by atoms with Gasteiger partial charge in [-0.1, -0.05) is 0 Å². The molecule has 0 radical (unpaired) electrons. The van der Waals surface area contributed by atoms with Crippen molar-refractivity contribution >= 4 is 22.5 Å². The second-order valence-electron chi connectivity index (χ2n) is 3.52. The highest BCUT2D eigenvalue weighted by Crippen LogP contribution is 2.33. The molecular formula is C9H13N5OS. The minimum atomic E-state index is 0.499. The van der Waals surface area contributed by atoms with Gasteiger partial charge in [0.25, 0.3) is 11.8 Å². The first-order valence-electron chi connectivity index (χ1n) is 4.79. The fraction of sp³-hybridized carbons (Fsp3) is 0.444. The third-order valence-corrected chi connectivity index (χ3v) is 3.07. The second-order valence-corrected chi connectivity index (χ2v) is 4.29. The van der Waals surface area contributed by atoms with Crippen molar-refractivity contribution in [3.05, 3.63) is 5.69 Å². The van der Waals surface area contributed by atoms with Crippen molar-refractivity contribution in [3.8, 4) is 11.5 Å². The lowest BCUT2D eigenvalue weighted by Gasteiger charge is -2.02. The highest BCUT2D eigenvalue weighted by atomic mass is 32.1. The van der Waals surface area contributed by atoms with Crippen molar-refractivity contribution in [1.29, 1.82) is 0 Å². The molecule has 0 aromatic carbocycles. The number of rotatable bonds is 3. The second kappa shape index (κ2) is 4.09. The first-order valence-corrected chi connectivity index (χ1v) is 5.56. The van der Waals surface area contributed by atoms with Gasteiger partial charge in [-0.2, -0.15) is 9.36 Å². The third kappa shape index (κ3) is 1.73. The van der Waals surface area contributed by atoms with E-state index in [1.165, 1.54) is 11.5 Å². The number of hydrogen-bond acceptors (Lipinski definition) is 7. The smallest absolute Gasteiger partial charge is 0.265 e. The molecule has 0 spiro atoms. The lowest BCUT2D eigenvalue weighted by molar-refractivity contribution is 0.430. The van der Waals surface area contributed by atoms with Crippen LogP contribution in [-0.4, -0.2) is 35.7 Å². The highest BCUT2D eigenvalue weighted by molar-refractivity contribution is 7.10. The van der Waals surface area contributed by atoms with Gasteiger partial charge in [0.05, 0.1) is 11.3 Å². The van der Waals surface area contributed by atoms with Gasteiger partial charge in [-0.25, -0.2) is 0 Å². The van der Waals surface area contributed by atoms with Crippen LogP contribution in [-0.2, 0) is 0 Å². The Morgan fingerprint density at radius 3 is 2.69 bits per heavy atom. The summed E-state index contributed by atoms with van der Waals surface area (Å²) in [6.45, 7) is 1.92. The number of nitrogens with one attached hydrogen (secondary N) is 1. The van der Waals surface area contributed by atoms with Crippen molar-refractivity contribution in [3.63, 3.8) is 0 Å². The van der Waals surface area contributed by atoms with Crippen LogP contribution in [0.5, 0.6) is 0 Å². The average Bonchev–Trinajstić information content (AvgIpc) is 2.83. The van der Waals surface area contributed by atoms with Gasteiger partial charge in [-0.05, 0) is 23.6 Å². The predicted octanol–water partition coefficient (Wildman–Crippen LogP) is 1.61. The van der Waals surface area contributed by atoms with Gasteiger partial charge in [-0.3, -0.25) is 0 Å². The van der Waals surface area contributed by atoms with Gasteiger partial charge < -0.3 is 14.7 Å². The van der Waals surface area contributed by atoms with Crippen molar-refractivity contribution in [2.75, 3.05) is 31.4 Å². The van der Waals surface area contributed by atoms with Crippen molar-refractivity contribution in [2.24, 2.45) is 0 Å². The number of aryl methyl sites for hydroxylation is 1. The van der Waals surface area contributed by atoms with Gasteiger partial charge in [-0.15, -0.1) is 0 Å². The molecule has 16 heavy (non-hydrogen) atoms. The summed E-state index contributed by atoms with van der Waals surface area (Å²) in [6, 6.07) is 0. The molecule has 0 bridgehead atoms. The summed E-state index contributed by atoms with van der Waals surface area (Å²) in [5, 5.41) is 7.88. The fourth-order valence-electron chi connectivity index (χ4n) is 1.29. The summed E-state index contributed by atoms with van der Waals surface area (Å²) in [7, 11) is 5.58. The Kier molecular flexibility index (Phi) is 2.78. The van der Waals surface area contributed by atoms with E-state index in [0.29, 0.717) is 11.8 Å². The standard InChI is InChI=1S/C9H13N5OS/c1-5-6(8(10-2)16-13-5)7-11-9(12-15-7)14(3)4/h10H,1-4H3. The normalized spacial score (nSPS) is 10.5. The minimum Gasteiger partial charge on any atom is -0.378 e. The Bertz CT molecular complexity index is 490. The Morgan fingerprint density at radius 2 is 2.12 bits per heavy atom. The molecule has 0 amide bonds. The summed E-state index contributed by atoms with van der Waals surface area (Å²) in [5.74, 6) is 1.06. The lowest BCUT2D eigenvalue weighted by Crippen LogP contribution is -2.10. The van der Waals surface area contributed by atoms with Gasteiger partial charge in [0.1, 0.15) is 5.00 Å². The molecule has 2 aromatic heterocycles. The molecule has 0 saturated heterocycles. The number of aromatic nitrogens is 3. The maximum atomic E-state index is 5.22. The van der Waals surface area contributed by atoms with Gasteiger partial charge >= 0.3 is 0 Å². The number of hydrogen-bond donors (Lipinski definition) is 1. The van der Waals surface area contributed by atoms with Crippen molar-refractivity contribution in [2.45, 2.75) is 6.92 Å². The first kappa shape index (κ1) is 10.9. The topological polar surface area (TPSA) is 67.1 Å². The summed E-state index contributed by atoms with van der Waals surface area (Å²) < 4.78 is 9.47. The molecule has 0 unspecified atom stereocenters. The van der Waals surface area contributed by atoms with Gasteiger partial charge in [0.2, 0.25) is 0 Å². The molecule has 0 aliphatic carbocycles. The Hall–Kier alpha value is -1.63. The molecular weight excluding hydrogens is 226 g/mol. The van der Waals surface area contributed by atoms with Crippen LogP contribution in [0.25, 0.3) is 11.5 Å². The first-order chi connectivity index (χ1) is 7.63. The van der Waals surface area contributed by atoms with E-state index < -0.39 is 0 Å². The number of nitrogens with zero attached hydrogens (tertiary/aromatic N) is 4. The maximum Gasteiger partial charge on any atom is 0.265 e. The van der Waals surface area contributed by atoms with Gasteiger partial charge in [0.15, 0.2) is 0 Å². The quantitative estimate of drug-likeness (QED) is 0.877. The molecule has 6 nitrogen and oxygen atoms in total. The zero-order valence-corrected chi connectivity index (χ0v) is 10.4. The van der Waals surface area contributed by atoms with Crippen LogP contribution in [0, 0.1) is 6.92 Å². The molecule has 0 atom stereocenters. The molecule has 2 aromatic rings. The van der Waals surface area contributed by atoms with Gasteiger partial charge in [0, 0.05) is 21.1 Å². The van der Waals surface area contributed by atoms with Crippen LogP contribution < -0.4 is 10.2 Å². The molecule has 0 aliphatic rings. The van der Waals surface area contributed by atoms with Crippen LogP contribution >= 0.6 is 11.5 Å². The van der Waals surface area contributed by atoms with E-state index in [-0.39, 0.29) is 0 Å². The highest BCUT2D eigenvalue weighted by Gasteiger charge is 2.18. The van der Waals surface area contributed by atoms with Crippen LogP contribution in [0.1, 0.15) is 5.69 Å². The summed E-state index contributed by atoms with van der Waals surface area (Å²) in [4.78, 5) is 6.09. The van der Waals surface area contributed by atoms with E-state index >= 15 is 0 Å². The summed E-state index contributed by atoms with van der Waals surface area (Å²) >= 11 is 1.39. The van der Waals surface area contributed by atoms with Crippen LogP contribution in [0.2, 0.25) is 0 Å². The monoisotopic (exact) mass is 239 g/mol. The Morgan fingerprint density at radius 1 is 1.38 bits per heavy atom. The van der Waals surface area contributed by atoms with Crippen LogP contribution in [0.3, 0.4) is 0 Å². The Labute approximate surface area is 97.4 Å². The fourth-order valence-corrected chi connectivity index (χ4v) is 2.03. The maximum absolute atomic E-state index is 5.22. The zero-order chi connectivity index (χ0) is 11.7. The molecule has 0 fully saturated rings. The van der Waals surface area contributed by atoms with Crippen LogP contribution in [0.4, 0.5) is 10.9 Å². The van der Waals surface area contributed by atoms with Crippen LogP contribution in [0.15, 0.2) is 4.52 Å². The third-order valence-electron chi connectivity index (χ3n) is 2.12. The molecule has 7 heteroatoms. The van der Waals surface area contributed by atoms with E-state index in [0.717, 1.165) is 16.3 Å². The Balaban J connectivity index is 2.45. The molecule has 2 heterocycles. The number of anilines is 2. The van der Waals surface area contributed by atoms with E-state index in [1.807, 2.05) is 28.1 Å².